The molecule has 22 heavy (non-hydrogen) atoms. The Hall–Kier alpha value is -1.79. The van der Waals surface area contributed by atoms with Crippen LogP contribution in [-0.2, 0) is 12.7 Å². The summed E-state index contributed by atoms with van der Waals surface area (Å²) in [7, 11) is 0. The van der Waals surface area contributed by atoms with E-state index < -0.39 is 17.8 Å². The molecule has 0 saturated carbocycles. The molecule has 0 radical (unpaired) electrons. The Bertz CT molecular complexity index is 642. The van der Waals surface area contributed by atoms with Gasteiger partial charge in [0.25, 0.3) is 0 Å². The number of hydrogen-bond donors (Lipinski definition) is 2. The smallest absolute Gasteiger partial charge is 0.389 e. The molecule has 0 aliphatic rings. The molecule has 0 aliphatic heterocycles. The molecule has 1 aromatic heterocycles. The number of pyridine rings is 1. The van der Waals surface area contributed by atoms with Crippen molar-refractivity contribution >= 4 is 17.4 Å². The van der Waals surface area contributed by atoms with E-state index in [0.29, 0.717) is 6.54 Å². The number of hydrogen-bond acceptors (Lipinski definition) is 3. The molecule has 7 heteroatoms. The third-order valence-electron chi connectivity index (χ3n) is 3.09. The van der Waals surface area contributed by atoms with Crippen molar-refractivity contribution in [3.05, 3.63) is 58.2 Å². The summed E-state index contributed by atoms with van der Waals surface area (Å²) in [6.45, 7) is 2.03. The minimum absolute atomic E-state index is 0.0876. The summed E-state index contributed by atoms with van der Waals surface area (Å²) in [4.78, 5) is 3.70. The standard InChI is InChI=1S/C15H14ClF3N2O/c1-9(22)11-4-2-10(3-5-11)7-20-14-13(16)6-12(8-21-14)15(17,18)19/h2-6,8-9,22H,7H2,1H3,(H,20,21)/t9-/m1/s1. The van der Waals surface area contributed by atoms with Gasteiger partial charge in [-0.25, -0.2) is 4.98 Å². The fourth-order valence-corrected chi connectivity index (χ4v) is 2.06. The molecule has 3 nitrogen and oxygen atoms in total. The van der Waals surface area contributed by atoms with Crippen molar-refractivity contribution in [3.63, 3.8) is 0 Å². The topological polar surface area (TPSA) is 45.1 Å². The highest BCUT2D eigenvalue weighted by Crippen LogP contribution is 2.32. The van der Waals surface area contributed by atoms with Crippen molar-refractivity contribution in [2.45, 2.75) is 25.7 Å². The minimum atomic E-state index is -4.47. The van der Waals surface area contributed by atoms with Gasteiger partial charge in [-0.3, -0.25) is 0 Å². The summed E-state index contributed by atoms with van der Waals surface area (Å²) in [6.07, 6.45) is -4.27. The fraction of sp³-hybridized carbons (Fsp3) is 0.267. The number of rotatable bonds is 4. The number of nitrogens with one attached hydrogen (secondary N) is 1. The second kappa shape index (κ2) is 6.54. The van der Waals surface area contributed by atoms with Crippen molar-refractivity contribution in [1.29, 1.82) is 0 Å². The molecule has 0 amide bonds. The highest BCUT2D eigenvalue weighted by atomic mass is 35.5. The van der Waals surface area contributed by atoms with Crippen LogP contribution in [0.5, 0.6) is 0 Å². The van der Waals surface area contributed by atoms with Crippen LogP contribution in [0.2, 0.25) is 5.02 Å². The van der Waals surface area contributed by atoms with E-state index in [9.17, 15) is 18.3 Å². The van der Waals surface area contributed by atoms with Crippen molar-refractivity contribution in [2.24, 2.45) is 0 Å². The monoisotopic (exact) mass is 330 g/mol. The van der Waals surface area contributed by atoms with E-state index in [4.69, 9.17) is 11.6 Å². The van der Waals surface area contributed by atoms with Crippen LogP contribution < -0.4 is 5.32 Å². The number of benzene rings is 1. The average molecular weight is 331 g/mol. The van der Waals surface area contributed by atoms with Crippen LogP contribution in [0.25, 0.3) is 0 Å². The Kier molecular flexibility index (Phi) is 4.93. The maximum absolute atomic E-state index is 12.5. The van der Waals surface area contributed by atoms with E-state index in [1.165, 1.54) is 0 Å². The normalized spacial score (nSPS) is 13.0. The fourth-order valence-electron chi connectivity index (χ4n) is 1.82. The first kappa shape index (κ1) is 16.6. The van der Waals surface area contributed by atoms with Crippen LogP contribution in [0.3, 0.4) is 0 Å². The zero-order valence-corrected chi connectivity index (χ0v) is 12.4. The Balaban J connectivity index is 2.05. The maximum Gasteiger partial charge on any atom is 0.417 e. The van der Waals surface area contributed by atoms with Crippen LogP contribution in [0.15, 0.2) is 36.5 Å². The maximum atomic E-state index is 12.5. The quantitative estimate of drug-likeness (QED) is 0.872. The molecule has 2 N–H and O–H groups in total. The van der Waals surface area contributed by atoms with Gasteiger partial charge < -0.3 is 10.4 Å². The number of halogens is 4. The van der Waals surface area contributed by atoms with Crippen molar-refractivity contribution < 1.29 is 18.3 Å². The largest absolute Gasteiger partial charge is 0.417 e. The summed E-state index contributed by atoms with van der Waals surface area (Å²) in [6, 6.07) is 8.03. The van der Waals surface area contributed by atoms with E-state index in [2.05, 4.69) is 10.3 Å². The zero-order valence-electron chi connectivity index (χ0n) is 11.7. The van der Waals surface area contributed by atoms with Gasteiger partial charge >= 0.3 is 6.18 Å². The molecule has 1 atom stereocenters. The predicted octanol–water partition coefficient (Wildman–Crippen LogP) is 4.42. The SMILES string of the molecule is C[C@@H](O)c1ccc(CNc2ncc(C(F)(F)F)cc2Cl)cc1. The molecule has 0 fully saturated rings. The molecule has 2 aromatic rings. The molecule has 0 saturated heterocycles. The van der Waals surface area contributed by atoms with Crippen LogP contribution >= 0.6 is 11.6 Å². The first-order valence-electron chi connectivity index (χ1n) is 6.51. The predicted molar refractivity (Wildman–Crippen MR) is 78.7 cm³/mol. The summed E-state index contributed by atoms with van der Waals surface area (Å²) in [5.74, 6) is 0.189. The van der Waals surface area contributed by atoms with E-state index in [-0.39, 0.29) is 10.8 Å². The van der Waals surface area contributed by atoms with Gasteiger partial charge in [0.1, 0.15) is 5.82 Å². The second-order valence-electron chi connectivity index (χ2n) is 4.82. The molecule has 2 rings (SSSR count). The van der Waals surface area contributed by atoms with Crippen LogP contribution in [0, 0.1) is 0 Å². The highest BCUT2D eigenvalue weighted by Gasteiger charge is 2.31. The van der Waals surface area contributed by atoms with Crippen LogP contribution in [-0.4, -0.2) is 10.1 Å². The van der Waals surface area contributed by atoms with E-state index in [1.807, 2.05) is 12.1 Å². The lowest BCUT2D eigenvalue weighted by Gasteiger charge is -2.11. The van der Waals surface area contributed by atoms with Gasteiger partial charge in [-0.2, -0.15) is 13.2 Å². The third-order valence-corrected chi connectivity index (χ3v) is 3.38. The van der Waals surface area contributed by atoms with E-state index in [1.54, 1.807) is 19.1 Å². The van der Waals surface area contributed by atoms with Crippen molar-refractivity contribution in [2.75, 3.05) is 5.32 Å². The van der Waals surface area contributed by atoms with Gasteiger partial charge in [0.2, 0.25) is 0 Å². The molecule has 1 aromatic carbocycles. The highest BCUT2D eigenvalue weighted by molar-refractivity contribution is 6.32. The number of aliphatic hydroxyl groups excluding tert-OH is 1. The lowest BCUT2D eigenvalue weighted by Crippen LogP contribution is -2.08. The van der Waals surface area contributed by atoms with Crippen LogP contribution in [0.1, 0.15) is 29.7 Å². The van der Waals surface area contributed by atoms with Gasteiger partial charge in [0.15, 0.2) is 0 Å². The summed E-state index contributed by atoms with van der Waals surface area (Å²) >= 11 is 5.81. The van der Waals surface area contributed by atoms with Crippen molar-refractivity contribution in [1.82, 2.24) is 4.98 Å². The number of nitrogens with zero attached hydrogens (tertiary/aromatic N) is 1. The number of aromatic nitrogens is 1. The van der Waals surface area contributed by atoms with Crippen molar-refractivity contribution in [3.8, 4) is 0 Å². The van der Waals surface area contributed by atoms with Gasteiger partial charge in [-0.05, 0) is 24.1 Å². The van der Waals surface area contributed by atoms with E-state index in [0.717, 1.165) is 23.4 Å². The molecule has 0 bridgehead atoms. The number of aliphatic hydroxyl groups is 1. The minimum Gasteiger partial charge on any atom is -0.389 e. The van der Waals surface area contributed by atoms with E-state index >= 15 is 0 Å². The second-order valence-corrected chi connectivity index (χ2v) is 5.23. The lowest BCUT2D eigenvalue weighted by molar-refractivity contribution is -0.137. The first-order valence-corrected chi connectivity index (χ1v) is 6.88. The first-order chi connectivity index (χ1) is 10.3. The van der Waals surface area contributed by atoms with Gasteiger partial charge in [-0.15, -0.1) is 0 Å². The van der Waals surface area contributed by atoms with Gasteiger partial charge in [0, 0.05) is 12.7 Å². The molecule has 0 unspecified atom stereocenters. The summed E-state index contributed by atoms with van der Waals surface area (Å²) in [5.41, 5.74) is 0.793. The lowest BCUT2D eigenvalue weighted by atomic mass is 10.1. The van der Waals surface area contributed by atoms with Gasteiger partial charge in [0.05, 0.1) is 16.7 Å². The Morgan fingerprint density at radius 2 is 1.91 bits per heavy atom. The molecule has 0 spiro atoms. The molecular weight excluding hydrogens is 317 g/mol. The molecule has 1 heterocycles. The molecular formula is C15H14ClF3N2O. The Labute approximate surface area is 130 Å². The number of anilines is 1. The average Bonchev–Trinajstić information content (AvgIpc) is 2.45. The zero-order chi connectivity index (χ0) is 16.3. The molecule has 0 aliphatic carbocycles. The Morgan fingerprint density at radius 3 is 2.41 bits per heavy atom. The number of alkyl halides is 3. The third kappa shape index (κ3) is 4.11. The summed E-state index contributed by atoms with van der Waals surface area (Å²) in [5, 5.41) is 12.2. The van der Waals surface area contributed by atoms with Gasteiger partial charge in [-0.1, -0.05) is 35.9 Å². The molecule has 118 valence electrons. The van der Waals surface area contributed by atoms with Crippen LogP contribution in [0.4, 0.5) is 19.0 Å². The Morgan fingerprint density at radius 1 is 1.27 bits per heavy atom. The summed E-state index contributed by atoms with van der Waals surface area (Å²) < 4.78 is 37.5.